The van der Waals surface area contributed by atoms with E-state index in [1.807, 2.05) is 24.3 Å². The van der Waals surface area contributed by atoms with Gasteiger partial charge in [-0.05, 0) is 35.2 Å². The van der Waals surface area contributed by atoms with Crippen LogP contribution in [0.5, 0.6) is 0 Å². The average molecular weight is 258 g/mol. The topological polar surface area (TPSA) is 0 Å². The molecule has 0 amide bonds. The van der Waals surface area contributed by atoms with Crippen LogP contribution in [0, 0.1) is 0 Å². The van der Waals surface area contributed by atoms with Crippen LogP contribution < -0.4 is 0 Å². The SMILES string of the molecule is C=CCc1cccc(S)c1S.c1cc2cc-2c1. The zero-order chi connectivity index (χ0) is 12.3. The van der Waals surface area contributed by atoms with E-state index in [1.54, 1.807) is 0 Å². The van der Waals surface area contributed by atoms with Gasteiger partial charge in [-0.15, -0.1) is 31.8 Å². The molecule has 0 spiro atoms. The van der Waals surface area contributed by atoms with Gasteiger partial charge in [0, 0.05) is 9.79 Å². The zero-order valence-corrected chi connectivity index (χ0v) is 11.2. The fourth-order valence-corrected chi connectivity index (χ4v) is 2.04. The van der Waals surface area contributed by atoms with Crippen molar-refractivity contribution in [3.05, 3.63) is 60.7 Å². The highest BCUT2D eigenvalue weighted by Crippen LogP contribution is 2.32. The standard InChI is InChI=1S/C9H10S2.C6H4/c1-2-4-7-5-3-6-8(10)9(7)11;1-2-5-4-6(5)3-1/h2-3,5-6,10-11H,1,4H2;1-4H. The molecule has 0 saturated heterocycles. The zero-order valence-electron chi connectivity index (χ0n) is 9.43. The molecule has 3 rings (SSSR count). The molecule has 0 heterocycles. The van der Waals surface area contributed by atoms with Crippen LogP contribution in [0.3, 0.4) is 0 Å². The molecule has 0 aliphatic heterocycles. The van der Waals surface area contributed by atoms with Gasteiger partial charge in [-0.3, -0.25) is 0 Å². The summed E-state index contributed by atoms with van der Waals surface area (Å²) in [5.74, 6) is 0. The summed E-state index contributed by atoms with van der Waals surface area (Å²) in [6, 6.07) is 14.4. The number of allylic oxidation sites excluding steroid dienone is 1. The van der Waals surface area contributed by atoms with Gasteiger partial charge in [0.1, 0.15) is 0 Å². The largest absolute Gasteiger partial charge is 0.142 e. The normalized spacial score (nSPS) is 10.2. The van der Waals surface area contributed by atoms with E-state index < -0.39 is 0 Å². The molecule has 0 fully saturated rings. The molecule has 1 aromatic rings. The van der Waals surface area contributed by atoms with Gasteiger partial charge in [-0.2, -0.15) is 0 Å². The van der Waals surface area contributed by atoms with E-state index >= 15 is 0 Å². The summed E-state index contributed by atoms with van der Waals surface area (Å²) in [4.78, 5) is 1.88. The number of rotatable bonds is 2. The van der Waals surface area contributed by atoms with Crippen molar-refractivity contribution < 1.29 is 0 Å². The highest BCUT2D eigenvalue weighted by atomic mass is 32.1. The van der Waals surface area contributed by atoms with Gasteiger partial charge in [0.15, 0.2) is 0 Å². The van der Waals surface area contributed by atoms with Gasteiger partial charge in [-0.25, -0.2) is 0 Å². The summed E-state index contributed by atoms with van der Waals surface area (Å²) in [5.41, 5.74) is 4.03. The van der Waals surface area contributed by atoms with Crippen molar-refractivity contribution in [3.63, 3.8) is 0 Å². The molecule has 2 heteroatoms. The van der Waals surface area contributed by atoms with E-state index in [0.717, 1.165) is 16.2 Å². The number of hydrogen-bond acceptors (Lipinski definition) is 2. The van der Waals surface area contributed by atoms with Gasteiger partial charge < -0.3 is 0 Å². The molecule has 0 nitrogen and oxygen atoms in total. The Morgan fingerprint density at radius 2 is 1.65 bits per heavy atom. The molecule has 2 aliphatic carbocycles. The Labute approximate surface area is 113 Å². The second-order valence-electron chi connectivity index (χ2n) is 3.86. The lowest BCUT2D eigenvalue weighted by molar-refractivity contribution is 1.11. The molecule has 0 radical (unpaired) electrons. The fraction of sp³-hybridized carbons (Fsp3) is 0.0667. The van der Waals surface area contributed by atoms with Crippen molar-refractivity contribution in [2.45, 2.75) is 16.2 Å². The van der Waals surface area contributed by atoms with E-state index in [9.17, 15) is 0 Å². The minimum absolute atomic E-state index is 0.854. The van der Waals surface area contributed by atoms with Gasteiger partial charge in [0.05, 0.1) is 0 Å². The van der Waals surface area contributed by atoms with Crippen molar-refractivity contribution in [1.29, 1.82) is 0 Å². The number of thiol groups is 2. The van der Waals surface area contributed by atoms with Crippen molar-refractivity contribution in [2.75, 3.05) is 0 Å². The molecule has 0 unspecified atom stereocenters. The molecule has 0 atom stereocenters. The van der Waals surface area contributed by atoms with Crippen molar-refractivity contribution in [3.8, 4) is 11.1 Å². The van der Waals surface area contributed by atoms with Crippen molar-refractivity contribution in [2.24, 2.45) is 0 Å². The molecule has 2 aliphatic rings. The summed E-state index contributed by atoms with van der Waals surface area (Å²) in [5, 5.41) is 0. The second kappa shape index (κ2) is 5.48. The van der Waals surface area contributed by atoms with Crippen LogP contribution >= 0.6 is 25.3 Å². The van der Waals surface area contributed by atoms with Gasteiger partial charge in [0.2, 0.25) is 0 Å². The Hall–Kier alpha value is -1.12. The Morgan fingerprint density at radius 1 is 1.00 bits per heavy atom. The second-order valence-corrected chi connectivity index (χ2v) is 4.79. The lowest BCUT2D eigenvalue weighted by Crippen LogP contribution is -1.83. The Balaban J connectivity index is 0.000000148. The van der Waals surface area contributed by atoms with E-state index in [0.29, 0.717) is 0 Å². The predicted molar refractivity (Wildman–Crippen MR) is 80.3 cm³/mol. The van der Waals surface area contributed by atoms with Crippen LogP contribution in [0.25, 0.3) is 11.1 Å². The number of hydrogen-bond donors (Lipinski definition) is 2. The highest BCUT2D eigenvalue weighted by Gasteiger charge is 2.06. The van der Waals surface area contributed by atoms with E-state index in [2.05, 4.69) is 56.1 Å². The Kier molecular flexibility index (Phi) is 3.97. The molecule has 17 heavy (non-hydrogen) atoms. The fourth-order valence-electron chi connectivity index (χ4n) is 1.57. The Bertz CT molecular complexity index is 527. The first kappa shape index (κ1) is 12.3. The molecular weight excluding hydrogens is 244 g/mol. The molecule has 86 valence electrons. The molecular formula is C15H14S2. The van der Waals surface area contributed by atoms with Crippen LogP contribution in [0.15, 0.2) is 64.9 Å². The quantitative estimate of drug-likeness (QED) is 0.485. The average Bonchev–Trinajstić information content (AvgIpc) is 2.93. The molecule has 1 aromatic carbocycles. The van der Waals surface area contributed by atoms with Crippen molar-refractivity contribution in [1.82, 2.24) is 0 Å². The van der Waals surface area contributed by atoms with E-state index in [-0.39, 0.29) is 0 Å². The minimum Gasteiger partial charge on any atom is -0.142 e. The van der Waals surface area contributed by atoms with Crippen LogP contribution in [0.4, 0.5) is 0 Å². The lowest BCUT2D eigenvalue weighted by atomic mass is 10.1. The minimum atomic E-state index is 0.854. The maximum Gasteiger partial charge on any atom is 0.0209 e. The summed E-state index contributed by atoms with van der Waals surface area (Å²) in [7, 11) is 0. The number of fused-ring (bicyclic) bond motifs is 1. The highest BCUT2D eigenvalue weighted by molar-refractivity contribution is 7.83. The van der Waals surface area contributed by atoms with E-state index in [4.69, 9.17) is 0 Å². The van der Waals surface area contributed by atoms with Crippen molar-refractivity contribution >= 4 is 25.3 Å². The third kappa shape index (κ3) is 3.18. The van der Waals surface area contributed by atoms with Gasteiger partial charge >= 0.3 is 0 Å². The smallest absolute Gasteiger partial charge is 0.0209 e. The first-order chi connectivity index (χ1) is 8.22. The molecule has 0 N–H and O–H groups in total. The van der Waals surface area contributed by atoms with Crippen LogP contribution in [-0.2, 0) is 6.42 Å². The maximum absolute atomic E-state index is 4.32. The Morgan fingerprint density at radius 3 is 2.12 bits per heavy atom. The van der Waals surface area contributed by atoms with Gasteiger partial charge in [0.25, 0.3) is 0 Å². The summed E-state index contributed by atoms with van der Waals surface area (Å²) >= 11 is 8.57. The molecule has 0 aromatic heterocycles. The first-order valence-electron chi connectivity index (χ1n) is 5.43. The summed E-state index contributed by atoms with van der Waals surface area (Å²) < 4.78 is 0. The number of benzene rings is 2. The van der Waals surface area contributed by atoms with Crippen LogP contribution in [0.1, 0.15) is 5.56 Å². The van der Waals surface area contributed by atoms with Crippen LogP contribution in [0.2, 0.25) is 0 Å². The maximum atomic E-state index is 4.32. The third-order valence-electron chi connectivity index (χ3n) is 2.58. The third-order valence-corrected chi connectivity index (χ3v) is 3.65. The lowest BCUT2D eigenvalue weighted by Gasteiger charge is -2.03. The predicted octanol–water partition coefficient (Wildman–Crippen LogP) is 4.66. The molecule has 0 saturated carbocycles. The van der Waals surface area contributed by atoms with E-state index in [1.165, 1.54) is 16.7 Å². The monoisotopic (exact) mass is 258 g/mol. The summed E-state index contributed by atoms with van der Waals surface area (Å²) in [6.07, 6.45) is 2.72. The molecule has 0 bridgehead atoms. The first-order valence-corrected chi connectivity index (χ1v) is 6.33. The van der Waals surface area contributed by atoms with Gasteiger partial charge in [-0.1, -0.05) is 36.4 Å². The summed E-state index contributed by atoms with van der Waals surface area (Å²) in [6.45, 7) is 3.67. The van der Waals surface area contributed by atoms with Crippen LogP contribution in [-0.4, -0.2) is 0 Å².